The van der Waals surface area contributed by atoms with Gasteiger partial charge < -0.3 is 5.32 Å². The van der Waals surface area contributed by atoms with Crippen LogP contribution in [0.1, 0.15) is 24.4 Å². The largest absolute Gasteiger partial charge is 0.313 e. The van der Waals surface area contributed by atoms with Gasteiger partial charge in [0, 0.05) is 16.6 Å². The number of sulfone groups is 1. The number of nitrogens with one attached hydrogen (secondary N) is 1. The van der Waals surface area contributed by atoms with Crippen LogP contribution in [0.2, 0.25) is 5.02 Å². The van der Waals surface area contributed by atoms with Crippen LogP contribution in [0, 0.1) is 11.7 Å². The van der Waals surface area contributed by atoms with Gasteiger partial charge in [-0.3, -0.25) is 0 Å². The smallest absolute Gasteiger partial charge is 0.150 e. The number of halogens is 2. The van der Waals surface area contributed by atoms with Crippen molar-refractivity contribution in [2.75, 3.05) is 18.6 Å². The fraction of sp³-hybridized carbons (Fsp3) is 0.538. The molecule has 1 saturated heterocycles. The van der Waals surface area contributed by atoms with E-state index in [4.69, 9.17) is 11.6 Å². The molecular formula is C13H17ClFNO2S. The van der Waals surface area contributed by atoms with E-state index >= 15 is 0 Å². The van der Waals surface area contributed by atoms with Crippen molar-refractivity contribution in [1.29, 1.82) is 0 Å². The van der Waals surface area contributed by atoms with Gasteiger partial charge in [-0.05, 0) is 37.9 Å². The van der Waals surface area contributed by atoms with E-state index in [1.807, 2.05) is 0 Å². The molecule has 1 aromatic carbocycles. The highest BCUT2D eigenvalue weighted by atomic mass is 35.5. The molecule has 0 aliphatic carbocycles. The van der Waals surface area contributed by atoms with E-state index in [0.29, 0.717) is 23.4 Å². The molecule has 0 amide bonds. The molecule has 0 radical (unpaired) electrons. The van der Waals surface area contributed by atoms with Crippen molar-refractivity contribution in [3.63, 3.8) is 0 Å². The first-order valence-corrected chi connectivity index (χ1v) is 8.44. The van der Waals surface area contributed by atoms with Crippen LogP contribution in [0.3, 0.4) is 0 Å². The quantitative estimate of drug-likeness (QED) is 0.930. The Morgan fingerprint density at radius 3 is 2.79 bits per heavy atom. The second-order valence-electron chi connectivity index (χ2n) is 5.01. The Morgan fingerprint density at radius 1 is 1.53 bits per heavy atom. The van der Waals surface area contributed by atoms with Crippen LogP contribution >= 0.6 is 11.6 Å². The Labute approximate surface area is 118 Å². The molecule has 6 heteroatoms. The molecule has 0 spiro atoms. The summed E-state index contributed by atoms with van der Waals surface area (Å²) in [6, 6.07) is 4.40. The molecule has 106 valence electrons. The van der Waals surface area contributed by atoms with Gasteiger partial charge in [-0.1, -0.05) is 17.7 Å². The predicted molar refractivity (Wildman–Crippen MR) is 74.6 cm³/mol. The van der Waals surface area contributed by atoms with Crippen LogP contribution < -0.4 is 5.32 Å². The molecule has 1 fully saturated rings. The van der Waals surface area contributed by atoms with Gasteiger partial charge in [-0.15, -0.1) is 0 Å². The average Bonchev–Trinajstić information content (AvgIpc) is 2.66. The molecule has 1 aliphatic heterocycles. The van der Waals surface area contributed by atoms with Gasteiger partial charge in [0.25, 0.3) is 0 Å². The van der Waals surface area contributed by atoms with Crippen LogP contribution in [0.4, 0.5) is 4.39 Å². The van der Waals surface area contributed by atoms with Gasteiger partial charge in [0.05, 0.1) is 11.5 Å². The van der Waals surface area contributed by atoms with Crippen molar-refractivity contribution in [3.05, 3.63) is 34.6 Å². The minimum Gasteiger partial charge on any atom is -0.313 e. The van der Waals surface area contributed by atoms with E-state index < -0.39 is 9.84 Å². The highest BCUT2D eigenvalue weighted by Gasteiger charge is 2.30. The first kappa shape index (κ1) is 14.8. The van der Waals surface area contributed by atoms with Crippen molar-refractivity contribution in [1.82, 2.24) is 5.32 Å². The van der Waals surface area contributed by atoms with E-state index in [0.717, 1.165) is 0 Å². The number of hydrogen-bond acceptors (Lipinski definition) is 3. The maximum atomic E-state index is 13.9. The molecular weight excluding hydrogens is 289 g/mol. The average molecular weight is 306 g/mol. The van der Waals surface area contributed by atoms with Crippen molar-refractivity contribution in [3.8, 4) is 0 Å². The summed E-state index contributed by atoms with van der Waals surface area (Å²) in [5.74, 6) is 0.197. The SMILES string of the molecule is CNC(CC1CCS(=O)(=O)C1)c1ccc(Cl)cc1F. The molecule has 1 aromatic rings. The Balaban J connectivity index is 2.12. The Bertz CT molecular complexity index is 562. The van der Waals surface area contributed by atoms with E-state index in [-0.39, 0.29) is 29.3 Å². The predicted octanol–water partition coefficient (Wildman–Crippen LogP) is 2.56. The second kappa shape index (κ2) is 5.77. The maximum absolute atomic E-state index is 13.9. The van der Waals surface area contributed by atoms with Crippen molar-refractivity contribution < 1.29 is 12.8 Å². The highest BCUT2D eigenvalue weighted by molar-refractivity contribution is 7.91. The normalized spacial score (nSPS) is 23.4. The zero-order valence-electron chi connectivity index (χ0n) is 10.7. The van der Waals surface area contributed by atoms with E-state index in [9.17, 15) is 12.8 Å². The van der Waals surface area contributed by atoms with Gasteiger partial charge >= 0.3 is 0 Å². The number of hydrogen-bond donors (Lipinski definition) is 1. The Kier molecular flexibility index (Phi) is 4.48. The summed E-state index contributed by atoms with van der Waals surface area (Å²) >= 11 is 5.73. The molecule has 2 unspecified atom stereocenters. The van der Waals surface area contributed by atoms with E-state index in [1.54, 1.807) is 19.2 Å². The summed E-state index contributed by atoms with van der Waals surface area (Å²) in [7, 11) is -1.14. The molecule has 2 rings (SSSR count). The van der Waals surface area contributed by atoms with Crippen LogP contribution in [0.5, 0.6) is 0 Å². The molecule has 0 aromatic heterocycles. The fourth-order valence-corrected chi connectivity index (χ4v) is 4.61. The molecule has 3 nitrogen and oxygen atoms in total. The van der Waals surface area contributed by atoms with Crippen molar-refractivity contribution in [2.45, 2.75) is 18.9 Å². The lowest BCUT2D eigenvalue weighted by atomic mass is 9.94. The molecule has 1 heterocycles. The van der Waals surface area contributed by atoms with E-state index in [1.165, 1.54) is 6.07 Å². The van der Waals surface area contributed by atoms with Crippen molar-refractivity contribution in [2.24, 2.45) is 5.92 Å². The molecule has 0 saturated carbocycles. The standard InChI is InChI=1S/C13H17ClFNO2S/c1-16-13(6-9-4-5-19(17,18)8-9)11-3-2-10(14)7-12(11)15/h2-3,7,9,13,16H,4-6,8H2,1H3. The number of benzene rings is 1. The van der Waals surface area contributed by atoms with Crippen LogP contribution in [0.25, 0.3) is 0 Å². The minimum atomic E-state index is -2.89. The highest BCUT2D eigenvalue weighted by Crippen LogP contribution is 2.30. The van der Waals surface area contributed by atoms with Crippen molar-refractivity contribution >= 4 is 21.4 Å². The van der Waals surface area contributed by atoms with Gasteiger partial charge in [-0.25, -0.2) is 12.8 Å². The summed E-state index contributed by atoms with van der Waals surface area (Å²) in [6.07, 6.45) is 1.28. The lowest BCUT2D eigenvalue weighted by Crippen LogP contribution is -2.21. The lowest BCUT2D eigenvalue weighted by molar-refractivity contribution is 0.424. The molecule has 1 aliphatic rings. The van der Waals surface area contributed by atoms with Gasteiger partial charge in [0.15, 0.2) is 9.84 Å². The Morgan fingerprint density at radius 2 is 2.26 bits per heavy atom. The van der Waals surface area contributed by atoms with Gasteiger partial charge in [-0.2, -0.15) is 0 Å². The van der Waals surface area contributed by atoms with E-state index in [2.05, 4.69) is 5.32 Å². The summed E-state index contributed by atoms with van der Waals surface area (Å²) < 4.78 is 36.8. The second-order valence-corrected chi connectivity index (χ2v) is 7.68. The third-order valence-corrected chi connectivity index (χ3v) is 5.65. The summed E-state index contributed by atoms with van der Waals surface area (Å²) in [5.41, 5.74) is 0.538. The van der Waals surface area contributed by atoms with Crippen LogP contribution in [0.15, 0.2) is 18.2 Å². The topological polar surface area (TPSA) is 46.2 Å². The van der Waals surface area contributed by atoms with Gasteiger partial charge in [0.1, 0.15) is 5.82 Å². The summed E-state index contributed by atoms with van der Waals surface area (Å²) in [4.78, 5) is 0. The molecule has 19 heavy (non-hydrogen) atoms. The monoisotopic (exact) mass is 305 g/mol. The van der Waals surface area contributed by atoms with Crippen LogP contribution in [-0.2, 0) is 9.84 Å². The maximum Gasteiger partial charge on any atom is 0.150 e. The zero-order chi connectivity index (χ0) is 14.0. The van der Waals surface area contributed by atoms with Gasteiger partial charge in [0.2, 0.25) is 0 Å². The minimum absolute atomic E-state index is 0.0949. The third kappa shape index (κ3) is 3.68. The molecule has 0 bridgehead atoms. The molecule has 1 N–H and O–H groups in total. The van der Waals surface area contributed by atoms with Crippen LogP contribution in [-0.4, -0.2) is 27.0 Å². The lowest BCUT2D eigenvalue weighted by Gasteiger charge is -2.20. The summed E-state index contributed by atoms with van der Waals surface area (Å²) in [6.45, 7) is 0. The fourth-order valence-electron chi connectivity index (χ4n) is 2.58. The summed E-state index contributed by atoms with van der Waals surface area (Å²) in [5, 5.41) is 3.42. The zero-order valence-corrected chi connectivity index (χ0v) is 12.3. The molecule has 2 atom stereocenters. The Hall–Kier alpha value is -0.650. The third-order valence-electron chi connectivity index (χ3n) is 3.58. The number of rotatable bonds is 4. The first-order valence-electron chi connectivity index (χ1n) is 6.24. The first-order chi connectivity index (χ1) is 8.91.